The summed E-state index contributed by atoms with van der Waals surface area (Å²) in [4.78, 5) is 21.2. The number of carbonyl (C=O) groups excluding carboxylic acids is 1. The largest absolute Gasteiger partial charge is 0.393 e. The third-order valence-electron chi connectivity index (χ3n) is 3.15. The second-order valence-corrected chi connectivity index (χ2v) is 4.92. The highest BCUT2D eigenvalue weighted by molar-refractivity contribution is 5.71. The topological polar surface area (TPSA) is 65.0 Å². The van der Waals surface area contributed by atoms with E-state index in [1.165, 1.54) is 0 Å². The summed E-state index contributed by atoms with van der Waals surface area (Å²) in [6.07, 6.45) is 1.95. The molecule has 0 rings (SSSR count). The average molecular weight is 262 g/mol. The first-order chi connectivity index (χ1) is 8.38. The van der Waals surface area contributed by atoms with Crippen LogP contribution in [0.3, 0.4) is 0 Å². The van der Waals surface area contributed by atoms with Gasteiger partial charge in [-0.1, -0.05) is 20.8 Å². The summed E-state index contributed by atoms with van der Waals surface area (Å²) in [6.45, 7) is 9.21. The lowest BCUT2D eigenvalue weighted by atomic mass is 9.96. The third-order valence-corrected chi connectivity index (χ3v) is 3.15. The van der Waals surface area contributed by atoms with Crippen molar-refractivity contribution in [3.05, 3.63) is 0 Å². The predicted octanol–water partition coefficient (Wildman–Crippen LogP) is 2.77. The molecule has 0 spiro atoms. The number of hydrogen-bond donors (Lipinski definition) is 1. The van der Waals surface area contributed by atoms with Crippen molar-refractivity contribution in [3.8, 4) is 0 Å². The second kappa shape index (κ2) is 8.45. The van der Waals surface area contributed by atoms with Gasteiger partial charge in [0.1, 0.15) is 5.60 Å². The number of hydrogen-bond acceptors (Lipinski definition) is 5. The molecule has 0 aromatic carbocycles. The number of aliphatic hydroxyl groups excluding tert-OH is 1. The molecule has 0 aromatic heterocycles. The van der Waals surface area contributed by atoms with Gasteiger partial charge in [-0.15, -0.1) is 0 Å². The van der Waals surface area contributed by atoms with Crippen molar-refractivity contribution in [2.24, 2.45) is 5.92 Å². The molecule has 0 saturated heterocycles. The van der Waals surface area contributed by atoms with E-state index in [1.54, 1.807) is 13.8 Å². The summed E-state index contributed by atoms with van der Waals surface area (Å²) in [5.74, 6) is -0.589. The van der Waals surface area contributed by atoms with E-state index in [-0.39, 0.29) is 5.92 Å². The van der Waals surface area contributed by atoms with Crippen LogP contribution in [-0.4, -0.2) is 22.8 Å². The Hall–Kier alpha value is -0.650. The first-order valence-electron chi connectivity index (χ1n) is 6.62. The van der Waals surface area contributed by atoms with Gasteiger partial charge in [0, 0.05) is 6.42 Å². The normalized spacial score (nSPS) is 16.4. The smallest absolute Gasteiger partial charge is 0.348 e. The minimum absolute atomic E-state index is 0.168. The van der Waals surface area contributed by atoms with Crippen LogP contribution in [0.25, 0.3) is 0 Å². The molecule has 2 unspecified atom stereocenters. The Labute approximate surface area is 109 Å². The molecular formula is C13H26O5. The quantitative estimate of drug-likeness (QED) is 0.511. The molecule has 18 heavy (non-hydrogen) atoms. The van der Waals surface area contributed by atoms with Crippen LogP contribution >= 0.6 is 0 Å². The molecule has 1 N–H and O–H groups in total. The van der Waals surface area contributed by atoms with Gasteiger partial charge in [0.2, 0.25) is 0 Å². The number of rotatable bonds is 9. The summed E-state index contributed by atoms with van der Waals surface area (Å²) >= 11 is 0. The van der Waals surface area contributed by atoms with Crippen molar-refractivity contribution in [1.82, 2.24) is 0 Å². The Morgan fingerprint density at radius 1 is 1.28 bits per heavy atom. The zero-order valence-corrected chi connectivity index (χ0v) is 12.1. The van der Waals surface area contributed by atoms with E-state index in [0.29, 0.717) is 25.7 Å². The molecule has 0 saturated carbocycles. The highest BCUT2D eigenvalue weighted by Gasteiger charge is 2.28. The highest BCUT2D eigenvalue weighted by Crippen LogP contribution is 2.22. The van der Waals surface area contributed by atoms with Gasteiger partial charge in [0.25, 0.3) is 0 Å². The van der Waals surface area contributed by atoms with Crippen LogP contribution in [0.5, 0.6) is 0 Å². The Kier molecular flexibility index (Phi) is 8.15. The van der Waals surface area contributed by atoms with Crippen LogP contribution in [0.15, 0.2) is 0 Å². The molecule has 5 nitrogen and oxygen atoms in total. The van der Waals surface area contributed by atoms with E-state index in [0.717, 1.165) is 0 Å². The second-order valence-electron chi connectivity index (χ2n) is 4.92. The lowest BCUT2D eigenvalue weighted by Gasteiger charge is -2.26. The van der Waals surface area contributed by atoms with Gasteiger partial charge in [-0.05, 0) is 38.1 Å². The van der Waals surface area contributed by atoms with Gasteiger partial charge in [-0.25, -0.2) is 4.79 Å². The molecule has 0 aliphatic rings. The van der Waals surface area contributed by atoms with Crippen LogP contribution < -0.4 is 0 Å². The van der Waals surface area contributed by atoms with E-state index in [2.05, 4.69) is 9.93 Å². The van der Waals surface area contributed by atoms with Crippen molar-refractivity contribution in [3.63, 3.8) is 0 Å². The summed E-state index contributed by atoms with van der Waals surface area (Å²) in [6, 6.07) is 0. The molecule has 0 aliphatic carbocycles. The predicted molar refractivity (Wildman–Crippen MR) is 67.3 cm³/mol. The summed E-state index contributed by atoms with van der Waals surface area (Å²) in [5.41, 5.74) is -0.664. The Balaban J connectivity index is 4.11. The Morgan fingerprint density at radius 3 is 2.22 bits per heavy atom. The van der Waals surface area contributed by atoms with Gasteiger partial charge in [0.15, 0.2) is 0 Å². The number of carbonyl (C=O) groups is 1. The molecule has 108 valence electrons. The monoisotopic (exact) mass is 262 g/mol. The molecular weight excluding hydrogens is 236 g/mol. The third kappa shape index (κ3) is 6.33. The lowest BCUT2D eigenvalue weighted by molar-refractivity contribution is -0.521. The maximum atomic E-state index is 11.5. The lowest BCUT2D eigenvalue weighted by Crippen LogP contribution is -2.32. The fourth-order valence-electron chi connectivity index (χ4n) is 1.68. The molecule has 0 fully saturated rings. The Morgan fingerprint density at radius 2 is 1.83 bits per heavy atom. The van der Waals surface area contributed by atoms with E-state index in [4.69, 9.17) is 4.89 Å². The van der Waals surface area contributed by atoms with Gasteiger partial charge < -0.3 is 5.11 Å². The zero-order chi connectivity index (χ0) is 14.2. The molecule has 0 aliphatic heterocycles. The summed E-state index contributed by atoms with van der Waals surface area (Å²) in [7, 11) is 0. The van der Waals surface area contributed by atoms with E-state index in [9.17, 15) is 9.90 Å². The van der Waals surface area contributed by atoms with Gasteiger partial charge in [0.05, 0.1) is 12.0 Å². The van der Waals surface area contributed by atoms with E-state index >= 15 is 0 Å². The number of aliphatic hydroxyl groups is 1. The molecule has 0 aromatic rings. The van der Waals surface area contributed by atoms with Crippen LogP contribution in [0.2, 0.25) is 0 Å². The maximum absolute atomic E-state index is 11.5. The van der Waals surface area contributed by atoms with Crippen LogP contribution in [-0.2, 0) is 19.6 Å². The van der Waals surface area contributed by atoms with E-state index < -0.39 is 17.7 Å². The van der Waals surface area contributed by atoms with Gasteiger partial charge >= 0.3 is 5.97 Å². The first kappa shape index (κ1) is 17.4. The molecule has 5 heteroatoms. The standard InChI is InChI=1S/C13H26O5/c1-6-11(7-2)12(15)16-18-17-13(5,8-3)9-10(4)14/h10-11,14H,6-9H2,1-5H3. The first-order valence-corrected chi connectivity index (χ1v) is 6.62. The molecule has 0 radical (unpaired) electrons. The molecule has 0 bridgehead atoms. The summed E-state index contributed by atoms with van der Waals surface area (Å²) < 4.78 is 0. The van der Waals surface area contributed by atoms with Crippen molar-refractivity contribution < 1.29 is 24.7 Å². The minimum atomic E-state index is -0.664. The summed E-state index contributed by atoms with van der Waals surface area (Å²) in [5, 5.41) is 13.9. The Bertz CT molecular complexity index is 238. The van der Waals surface area contributed by atoms with Crippen molar-refractivity contribution in [2.45, 2.75) is 72.0 Å². The molecule has 0 amide bonds. The van der Waals surface area contributed by atoms with Crippen LogP contribution in [0, 0.1) is 5.92 Å². The van der Waals surface area contributed by atoms with E-state index in [1.807, 2.05) is 20.8 Å². The SMILES string of the molecule is CCC(CC)C(=O)OOOC(C)(CC)CC(C)O. The van der Waals surface area contributed by atoms with Crippen molar-refractivity contribution >= 4 is 5.97 Å². The van der Waals surface area contributed by atoms with Gasteiger partial charge in [-0.2, -0.15) is 4.89 Å². The molecule has 2 atom stereocenters. The fraction of sp³-hybridized carbons (Fsp3) is 0.923. The fourth-order valence-corrected chi connectivity index (χ4v) is 1.68. The average Bonchev–Trinajstić information content (AvgIpc) is 2.29. The zero-order valence-electron chi connectivity index (χ0n) is 12.1. The van der Waals surface area contributed by atoms with Crippen LogP contribution in [0.4, 0.5) is 0 Å². The van der Waals surface area contributed by atoms with Crippen LogP contribution in [0.1, 0.15) is 60.3 Å². The van der Waals surface area contributed by atoms with Gasteiger partial charge in [-0.3, -0.25) is 4.89 Å². The van der Waals surface area contributed by atoms with Crippen molar-refractivity contribution in [2.75, 3.05) is 0 Å². The highest BCUT2D eigenvalue weighted by atomic mass is 17.5. The maximum Gasteiger partial charge on any atom is 0.348 e. The molecule has 0 heterocycles. The minimum Gasteiger partial charge on any atom is -0.393 e. The van der Waals surface area contributed by atoms with Crippen molar-refractivity contribution in [1.29, 1.82) is 0 Å².